The molecule has 1 fully saturated rings. The SMILES string of the molecule is C#CC(CC)(CC)N1CC(OC(=O)NC(C)C)C1. The number of amides is 1. The summed E-state index contributed by atoms with van der Waals surface area (Å²) in [4.78, 5) is 13.7. The number of hydrogen-bond acceptors (Lipinski definition) is 3. The van der Waals surface area contributed by atoms with Gasteiger partial charge in [-0.05, 0) is 26.7 Å². The first-order valence-corrected chi connectivity index (χ1v) is 6.67. The van der Waals surface area contributed by atoms with Gasteiger partial charge in [-0.3, -0.25) is 4.90 Å². The molecule has 0 saturated carbocycles. The predicted octanol–water partition coefficient (Wildman–Crippen LogP) is 2.00. The van der Waals surface area contributed by atoms with E-state index in [1.807, 2.05) is 13.8 Å². The molecule has 0 atom stereocenters. The molecule has 0 radical (unpaired) electrons. The summed E-state index contributed by atoms with van der Waals surface area (Å²) < 4.78 is 5.30. The van der Waals surface area contributed by atoms with Crippen molar-refractivity contribution in [1.82, 2.24) is 10.2 Å². The van der Waals surface area contributed by atoms with Gasteiger partial charge in [0, 0.05) is 19.1 Å². The molecule has 1 amide bonds. The second kappa shape index (κ2) is 6.10. The molecule has 0 aliphatic carbocycles. The minimum absolute atomic E-state index is 0.0328. The molecule has 4 nitrogen and oxygen atoms in total. The van der Waals surface area contributed by atoms with Crippen LogP contribution in [0.2, 0.25) is 0 Å². The predicted molar refractivity (Wildman–Crippen MR) is 72.3 cm³/mol. The lowest BCUT2D eigenvalue weighted by Gasteiger charge is -2.48. The Kier molecular flexibility index (Phi) is 5.03. The molecular weight excluding hydrogens is 228 g/mol. The maximum atomic E-state index is 11.4. The van der Waals surface area contributed by atoms with Crippen molar-refractivity contribution in [2.45, 2.75) is 58.2 Å². The van der Waals surface area contributed by atoms with Crippen LogP contribution in [-0.2, 0) is 4.74 Å². The van der Waals surface area contributed by atoms with Crippen LogP contribution in [0.25, 0.3) is 0 Å². The van der Waals surface area contributed by atoms with E-state index in [4.69, 9.17) is 11.2 Å². The first kappa shape index (κ1) is 14.8. The largest absolute Gasteiger partial charge is 0.444 e. The lowest BCUT2D eigenvalue weighted by molar-refractivity contribution is -0.0569. The summed E-state index contributed by atoms with van der Waals surface area (Å²) in [7, 11) is 0. The van der Waals surface area contributed by atoms with Crippen molar-refractivity contribution >= 4 is 6.09 Å². The zero-order chi connectivity index (χ0) is 13.8. The van der Waals surface area contributed by atoms with E-state index in [0.717, 1.165) is 25.9 Å². The molecule has 0 aromatic heterocycles. The van der Waals surface area contributed by atoms with Crippen LogP contribution in [0, 0.1) is 12.3 Å². The standard InChI is InChI=1S/C14H24N2O2/c1-6-14(7-2,8-3)16-9-12(10-16)18-13(17)15-11(4)5/h1,11-12H,7-10H2,2-5H3,(H,15,17). The van der Waals surface area contributed by atoms with Crippen molar-refractivity contribution < 1.29 is 9.53 Å². The molecule has 0 unspecified atom stereocenters. The van der Waals surface area contributed by atoms with Crippen LogP contribution < -0.4 is 5.32 Å². The summed E-state index contributed by atoms with van der Waals surface area (Å²) in [6, 6.07) is 0.102. The number of nitrogens with zero attached hydrogens (tertiary/aromatic N) is 1. The van der Waals surface area contributed by atoms with Gasteiger partial charge in [-0.15, -0.1) is 6.42 Å². The van der Waals surface area contributed by atoms with E-state index in [1.54, 1.807) is 0 Å². The molecule has 0 bridgehead atoms. The molecule has 1 rings (SSSR count). The number of rotatable bonds is 5. The molecule has 102 valence electrons. The number of carbonyl (C=O) groups excluding carboxylic acids is 1. The number of alkyl carbamates (subject to hydrolysis) is 1. The highest BCUT2D eigenvalue weighted by molar-refractivity contribution is 5.67. The van der Waals surface area contributed by atoms with Crippen molar-refractivity contribution in [1.29, 1.82) is 0 Å². The highest BCUT2D eigenvalue weighted by Gasteiger charge is 2.41. The van der Waals surface area contributed by atoms with Crippen LogP contribution in [0.3, 0.4) is 0 Å². The number of terminal acetylenes is 1. The average molecular weight is 252 g/mol. The second-order valence-electron chi connectivity index (χ2n) is 5.11. The Hall–Kier alpha value is -1.21. The Balaban J connectivity index is 2.40. The molecule has 18 heavy (non-hydrogen) atoms. The molecule has 1 N–H and O–H groups in total. The zero-order valence-corrected chi connectivity index (χ0v) is 11.8. The number of nitrogens with one attached hydrogen (secondary N) is 1. The van der Waals surface area contributed by atoms with Crippen molar-refractivity contribution in [3.05, 3.63) is 0 Å². The molecule has 1 aliphatic rings. The van der Waals surface area contributed by atoms with Gasteiger partial charge in [0.05, 0.1) is 5.54 Å². The second-order valence-corrected chi connectivity index (χ2v) is 5.11. The van der Waals surface area contributed by atoms with Gasteiger partial charge in [0.25, 0.3) is 0 Å². The fourth-order valence-electron chi connectivity index (χ4n) is 2.28. The maximum Gasteiger partial charge on any atom is 0.407 e. The van der Waals surface area contributed by atoms with Crippen LogP contribution in [0.5, 0.6) is 0 Å². The van der Waals surface area contributed by atoms with Gasteiger partial charge < -0.3 is 10.1 Å². The Labute approximate surface area is 110 Å². The monoisotopic (exact) mass is 252 g/mol. The topological polar surface area (TPSA) is 41.6 Å². The normalized spacial score (nSPS) is 17.1. The third kappa shape index (κ3) is 3.17. The molecular formula is C14H24N2O2. The summed E-state index contributed by atoms with van der Waals surface area (Å²) >= 11 is 0. The van der Waals surface area contributed by atoms with Crippen molar-refractivity contribution in [3.63, 3.8) is 0 Å². The van der Waals surface area contributed by atoms with Crippen LogP contribution in [0.4, 0.5) is 4.79 Å². The average Bonchev–Trinajstić information content (AvgIpc) is 2.27. The minimum Gasteiger partial charge on any atom is -0.444 e. The summed E-state index contributed by atoms with van der Waals surface area (Å²) in [5.41, 5.74) is -0.172. The first-order chi connectivity index (χ1) is 8.47. The van der Waals surface area contributed by atoms with Crippen molar-refractivity contribution in [3.8, 4) is 12.3 Å². The third-order valence-electron chi connectivity index (χ3n) is 3.57. The van der Waals surface area contributed by atoms with E-state index >= 15 is 0 Å². The van der Waals surface area contributed by atoms with Crippen LogP contribution in [0.15, 0.2) is 0 Å². The van der Waals surface area contributed by atoms with E-state index in [1.165, 1.54) is 0 Å². The van der Waals surface area contributed by atoms with Gasteiger partial charge in [0.1, 0.15) is 6.10 Å². The minimum atomic E-state index is -0.339. The summed E-state index contributed by atoms with van der Waals surface area (Å²) in [6.45, 7) is 9.48. The van der Waals surface area contributed by atoms with Crippen molar-refractivity contribution in [2.75, 3.05) is 13.1 Å². The quantitative estimate of drug-likeness (QED) is 0.761. The Bertz CT molecular complexity index is 323. The van der Waals surface area contributed by atoms with Gasteiger partial charge >= 0.3 is 6.09 Å². The van der Waals surface area contributed by atoms with Crippen LogP contribution >= 0.6 is 0 Å². The van der Waals surface area contributed by atoms with Gasteiger partial charge in [-0.2, -0.15) is 0 Å². The molecule has 0 spiro atoms. The first-order valence-electron chi connectivity index (χ1n) is 6.67. The number of hydrogen-bond donors (Lipinski definition) is 1. The van der Waals surface area contributed by atoms with Gasteiger partial charge in [0.2, 0.25) is 0 Å². The van der Waals surface area contributed by atoms with E-state index in [2.05, 4.69) is 30.0 Å². The fourth-order valence-corrected chi connectivity index (χ4v) is 2.28. The molecule has 1 aliphatic heterocycles. The van der Waals surface area contributed by atoms with E-state index in [0.29, 0.717) is 0 Å². The summed E-state index contributed by atoms with van der Waals surface area (Å²) in [5.74, 6) is 2.89. The van der Waals surface area contributed by atoms with Gasteiger partial charge in [0.15, 0.2) is 0 Å². The molecule has 1 heterocycles. The fraction of sp³-hybridized carbons (Fsp3) is 0.786. The van der Waals surface area contributed by atoms with Crippen LogP contribution in [-0.4, -0.2) is 41.8 Å². The third-order valence-corrected chi connectivity index (χ3v) is 3.57. The summed E-state index contributed by atoms with van der Waals surface area (Å²) in [5, 5.41) is 2.72. The van der Waals surface area contributed by atoms with Crippen molar-refractivity contribution in [2.24, 2.45) is 0 Å². The van der Waals surface area contributed by atoms with Crippen LogP contribution in [0.1, 0.15) is 40.5 Å². The lowest BCUT2D eigenvalue weighted by Crippen LogP contribution is -2.63. The molecule has 1 saturated heterocycles. The Morgan fingerprint density at radius 1 is 1.50 bits per heavy atom. The Morgan fingerprint density at radius 3 is 2.44 bits per heavy atom. The number of carbonyl (C=O) groups is 1. The molecule has 4 heteroatoms. The number of likely N-dealkylation sites (tertiary alicyclic amines) is 1. The van der Waals surface area contributed by atoms with Gasteiger partial charge in [-0.1, -0.05) is 19.8 Å². The van der Waals surface area contributed by atoms with Gasteiger partial charge in [-0.25, -0.2) is 4.79 Å². The zero-order valence-electron chi connectivity index (χ0n) is 11.8. The molecule has 0 aromatic carbocycles. The lowest BCUT2D eigenvalue weighted by atomic mass is 9.88. The molecule has 0 aromatic rings. The summed E-state index contributed by atoms with van der Waals surface area (Å²) in [6.07, 6.45) is 7.11. The van der Waals surface area contributed by atoms with E-state index in [9.17, 15) is 4.79 Å². The number of ether oxygens (including phenoxy) is 1. The van der Waals surface area contributed by atoms with E-state index < -0.39 is 0 Å². The smallest absolute Gasteiger partial charge is 0.407 e. The highest BCUT2D eigenvalue weighted by Crippen LogP contribution is 2.29. The maximum absolute atomic E-state index is 11.4. The van der Waals surface area contributed by atoms with E-state index in [-0.39, 0.29) is 23.8 Å². The Morgan fingerprint density at radius 2 is 2.06 bits per heavy atom. The highest BCUT2D eigenvalue weighted by atomic mass is 16.6.